The summed E-state index contributed by atoms with van der Waals surface area (Å²) in [6.07, 6.45) is 3.42. The van der Waals surface area contributed by atoms with Crippen molar-refractivity contribution < 1.29 is 9.53 Å². The Morgan fingerprint density at radius 2 is 2.43 bits per heavy atom. The van der Waals surface area contributed by atoms with Crippen molar-refractivity contribution in [1.82, 2.24) is 15.5 Å². The zero-order chi connectivity index (χ0) is 16.1. The van der Waals surface area contributed by atoms with Crippen molar-refractivity contribution in [3.05, 3.63) is 21.9 Å². The van der Waals surface area contributed by atoms with E-state index in [9.17, 15) is 4.79 Å². The summed E-state index contributed by atoms with van der Waals surface area (Å²) in [7, 11) is 1.72. The third-order valence-electron chi connectivity index (χ3n) is 4.31. The molecule has 1 amide bonds. The third-order valence-corrected chi connectivity index (χ3v) is 5.34. The topological polar surface area (TPSA) is 66.0 Å². The number of nitrogens with one attached hydrogen (secondary N) is 2. The fourth-order valence-corrected chi connectivity index (χ4v) is 3.86. The van der Waals surface area contributed by atoms with Crippen LogP contribution in [0.1, 0.15) is 23.3 Å². The van der Waals surface area contributed by atoms with Gasteiger partial charge < -0.3 is 20.3 Å². The number of hydrogen-bond acceptors (Lipinski definition) is 4. The van der Waals surface area contributed by atoms with Crippen LogP contribution in [-0.4, -0.2) is 56.2 Å². The second-order valence-corrected chi connectivity index (χ2v) is 6.88. The number of carbonyl (C=O) groups is 1. The van der Waals surface area contributed by atoms with Crippen molar-refractivity contribution in [1.29, 1.82) is 0 Å². The molecule has 2 aliphatic rings. The summed E-state index contributed by atoms with van der Waals surface area (Å²) >= 11 is 1.79. The molecule has 0 aromatic carbocycles. The predicted molar refractivity (Wildman–Crippen MR) is 91.8 cm³/mol. The second kappa shape index (κ2) is 7.79. The highest BCUT2D eigenvalue weighted by Crippen LogP contribution is 2.23. The van der Waals surface area contributed by atoms with Crippen molar-refractivity contribution in [3.8, 4) is 0 Å². The molecule has 1 atom stereocenters. The van der Waals surface area contributed by atoms with Crippen LogP contribution in [0.2, 0.25) is 0 Å². The number of amides is 1. The van der Waals surface area contributed by atoms with Gasteiger partial charge in [-0.1, -0.05) is 0 Å². The molecule has 0 bridgehead atoms. The standard InChI is InChI=1S/C16H24N4O2S/c1-17-16(18-9-13-3-2-7-22-13)19-10-15(21)20-6-4-14-12(11-20)5-8-23-14/h5,8,13H,2-4,6-7,9-11H2,1H3,(H2,17,18,19). The molecular formula is C16H24N4O2S. The van der Waals surface area contributed by atoms with E-state index in [-0.39, 0.29) is 18.6 Å². The van der Waals surface area contributed by atoms with E-state index in [1.54, 1.807) is 18.4 Å². The molecule has 1 aromatic rings. The molecule has 7 heteroatoms. The van der Waals surface area contributed by atoms with E-state index in [0.717, 1.165) is 45.5 Å². The van der Waals surface area contributed by atoms with Gasteiger partial charge in [-0.2, -0.15) is 0 Å². The molecule has 3 rings (SSSR count). The summed E-state index contributed by atoms with van der Waals surface area (Å²) in [6, 6.07) is 2.12. The zero-order valence-electron chi connectivity index (χ0n) is 13.5. The first-order chi connectivity index (χ1) is 11.3. The third kappa shape index (κ3) is 4.23. The lowest BCUT2D eigenvalue weighted by atomic mass is 10.1. The Morgan fingerprint density at radius 3 is 3.22 bits per heavy atom. The highest BCUT2D eigenvalue weighted by Gasteiger charge is 2.21. The van der Waals surface area contributed by atoms with Crippen LogP contribution < -0.4 is 10.6 Å². The maximum atomic E-state index is 12.4. The Balaban J connectivity index is 1.42. The van der Waals surface area contributed by atoms with Gasteiger partial charge in [0, 0.05) is 38.2 Å². The van der Waals surface area contributed by atoms with Crippen LogP contribution in [0.15, 0.2) is 16.4 Å². The summed E-state index contributed by atoms with van der Waals surface area (Å²) in [5.74, 6) is 0.768. The molecule has 6 nitrogen and oxygen atoms in total. The Hall–Kier alpha value is -1.60. The average molecular weight is 336 g/mol. The first-order valence-electron chi connectivity index (χ1n) is 8.15. The molecule has 0 radical (unpaired) electrons. The lowest BCUT2D eigenvalue weighted by Gasteiger charge is -2.27. The van der Waals surface area contributed by atoms with E-state index >= 15 is 0 Å². The Bertz CT molecular complexity index is 566. The molecule has 1 aromatic heterocycles. The highest BCUT2D eigenvalue weighted by molar-refractivity contribution is 7.10. The maximum Gasteiger partial charge on any atom is 0.242 e. The molecule has 0 aliphatic carbocycles. The largest absolute Gasteiger partial charge is 0.376 e. The fourth-order valence-electron chi connectivity index (χ4n) is 2.97. The molecule has 1 saturated heterocycles. The molecule has 0 saturated carbocycles. The van der Waals surface area contributed by atoms with Crippen molar-refractivity contribution in [2.45, 2.75) is 31.9 Å². The van der Waals surface area contributed by atoms with Gasteiger partial charge in [0.15, 0.2) is 5.96 Å². The van der Waals surface area contributed by atoms with E-state index in [0.29, 0.717) is 5.96 Å². The molecule has 2 aliphatic heterocycles. The Kier molecular flexibility index (Phi) is 5.51. The number of carbonyl (C=O) groups excluding carboxylic acids is 1. The molecule has 23 heavy (non-hydrogen) atoms. The van der Waals surface area contributed by atoms with E-state index in [2.05, 4.69) is 27.1 Å². The van der Waals surface area contributed by atoms with Crippen LogP contribution in [0.25, 0.3) is 0 Å². The number of hydrogen-bond donors (Lipinski definition) is 2. The molecule has 0 spiro atoms. The molecule has 2 N–H and O–H groups in total. The quantitative estimate of drug-likeness (QED) is 0.635. The van der Waals surface area contributed by atoms with Crippen LogP contribution in [0, 0.1) is 0 Å². The number of thiophene rings is 1. The zero-order valence-corrected chi connectivity index (χ0v) is 14.3. The van der Waals surface area contributed by atoms with E-state index in [1.807, 2.05) is 4.90 Å². The summed E-state index contributed by atoms with van der Waals surface area (Å²) in [6.45, 7) is 3.37. The molecule has 3 heterocycles. The Morgan fingerprint density at radius 1 is 1.52 bits per heavy atom. The van der Waals surface area contributed by atoms with Gasteiger partial charge in [0.1, 0.15) is 0 Å². The second-order valence-electron chi connectivity index (χ2n) is 5.88. The predicted octanol–water partition coefficient (Wildman–Crippen LogP) is 0.977. The summed E-state index contributed by atoms with van der Waals surface area (Å²) in [5.41, 5.74) is 1.29. The van der Waals surface area contributed by atoms with Gasteiger partial charge in [0.2, 0.25) is 5.91 Å². The molecule has 126 valence electrons. The van der Waals surface area contributed by atoms with Crippen LogP contribution in [0.3, 0.4) is 0 Å². The SMILES string of the molecule is CN=C(NCC(=O)N1CCc2sccc2C1)NCC1CCCO1. The van der Waals surface area contributed by atoms with Crippen LogP contribution in [-0.2, 0) is 22.5 Å². The number of nitrogens with zero attached hydrogens (tertiary/aromatic N) is 2. The molecular weight excluding hydrogens is 312 g/mol. The maximum absolute atomic E-state index is 12.4. The van der Waals surface area contributed by atoms with Crippen molar-refractivity contribution in [3.63, 3.8) is 0 Å². The fraction of sp³-hybridized carbons (Fsp3) is 0.625. The summed E-state index contributed by atoms with van der Waals surface area (Å²) in [5, 5.41) is 8.43. The van der Waals surface area contributed by atoms with Crippen LogP contribution >= 0.6 is 11.3 Å². The monoisotopic (exact) mass is 336 g/mol. The first kappa shape index (κ1) is 16.3. The number of aliphatic imine (C=N–C) groups is 1. The minimum absolute atomic E-state index is 0.113. The molecule has 1 unspecified atom stereocenters. The molecule has 1 fully saturated rings. The summed E-state index contributed by atoms with van der Waals surface area (Å²) < 4.78 is 5.57. The van der Waals surface area contributed by atoms with Crippen LogP contribution in [0.5, 0.6) is 0 Å². The lowest BCUT2D eigenvalue weighted by Crippen LogP contribution is -2.47. The van der Waals surface area contributed by atoms with Crippen LogP contribution in [0.4, 0.5) is 0 Å². The number of guanidine groups is 1. The number of fused-ring (bicyclic) bond motifs is 1. The highest BCUT2D eigenvalue weighted by atomic mass is 32.1. The average Bonchev–Trinajstić information content (AvgIpc) is 3.25. The van der Waals surface area contributed by atoms with Gasteiger partial charge in [-0.25, -0.2) is 0 Å². The Labute approximate surface area is 140 Å². The van der Waals surface area contributed by atoms with Gasteiger partial charge in [0.25, 0.3) is 0 Å². The van der Waals surface area contributed by atoms with E-state index < -0.39 is 0 Å². The van der Waals surface area contributed by atoms with E-state index in [1.165, 1.54) is 10.4 Å². The summed E-state index contributed by atoms with van der Waals surface area (Å²) in [4.78, 5) is 19.9. The van der Waals surface area contributed by atoms with Crippen molar-refractivity contribution in [2.75, 3.05) is 33.3 Å². The van der Waals surface area contributed by atoms with Gasteiger partial charge in [-0.15, -0.1) is 11.3 Å². The van der Waals surface area contributed by atoms with Gasteiger partial charge >= 0.3 is 0 Å². The van der Waals surface area contributed by atoms with E-state index in [4.69, 9.17) is 4.74 Å². The minimum Gasteiger partial charge on any atom is -0.376 e. The normalized spacial score (nSPS) is 21.2. The van der Waals surface area contributed by atoms with Gasteiger partial charge in [0.05, 0.1) is 12.6 Å². The van der Waals surface area contributed by atoms with Gasteiger partial charge in [-0.3, -0.25) is 9.79 Å². The minimum atomic E-state index is 0.113. The van der Waals surface area contributed by atoms with Crippen molar-refractivity contribution in [2.24, 2.45) is 4.99 Å². The lowest BCUT2D eigenvalue weighted by molar-refractivity contribution is -0.130. The first-order valence-corrected chi connectivity index (χ1v) is 9.03. The smallest absolute Gasteiger partial charge is 0.242 e. The number of ether oxygens (including phenoxy) is 1. The number of rotatable bonds is 4. The van der Waals surface area contributed by atoms with Gasteiger partial charge in [-0.05, 0) is 36.3 Å². The van der Waals surface area contributed by atoms with Crippen molar-refractivity contribution >= 4 is 23.2 Å².